The lowest BCUT2D eigenvalue weighted by Crippen LogP contribution is -1.83. The lowest BCUT2D eigenvalue weighted by Gasteiger charge is -1.97. The average molecular weight is 178 g/mol. The molecule has 2 heterocycles. The first-order valence-corrected chi connectivity index (χ1v) is 4.76. The number of hydrogen-bond donors (Lipinski definition) is 0. The molecule has 2 nitrogen and oxygen atoms in total. The molecule has 0 spiro atoms. The first-order chi connectivity index (χ1) is 5.79. The summed E-state index contributed by atoms with van der Waals surface area (Å²) < 4.78 is 4.32. The van der Waals surface area contributed by atoms with Gasteiger partial charge in [-0.1, -0.05) is 13.8 Å². The highest BCUT2D eigenvalue weighted by atomic mass is 32.1. The molecule has 0 aliphatic heterocycles. The number of aromatic nitrogens is 2. The highest BCUT2D eigenvalue weighted by molar-refractivity contribution is 7.07. The number of rotatable bonds is 1. The van der Waals surface area contributed by atoms with E-state index in [4.69, 9.17) is 0 Å². The maximum Gasteiger partial charge on any atom is 0.105 e. The Hall–Kier alpha value is -0.960. The maximum atomic E-state index is 4.32. The minimum absolute atomic E-state index is 0.523. The van der Waals surface area contributed by atoms with Crippen molar-refractivity contribution in [1.29, 1.82) is 0 Å². The Labute approximate surface area is 75.4 Å². The molecule has 0 saturated carbocycles. The minimum atomic E-state index is 0.523. The molecule has 12 heavy (non-hydrogen) atoms. The molecule has 0 saturated heterocycles. The van der Waals surface area contributed by atoms with Gasteiger partial charge in [0, 0.05) is 6.20 Å². The van der Waals surface area contributed by atoms with Gasteiger partial charge in [0.25, 0.3) is 0 Å². The number of fused-ring (bicyclic) bond motifs is 1. The third-order valence-electron chi connectivity index (χ3n) is 1.79. The van der Waals surface area contributed by atoms with E-state index < -0.39 is 0 Å². The molecule has 2 aromatic heterocycles. The van der Waals surface area contributed by atoms with E-state index >= 15 is 0 Å². The molecule has 0 atom stereocenters. The summed E-state index contributed by atoms with van der Waals surface area (Å²) in [7, 11) is 0. The fourth-order valence-electron chi connectivity index (χ4n) is 1.18. The van der Waals surface area contributed by atoms with Gasteiger partial charge in [0.2, 0.25) is 0 Å². The van der Waals surface area contributed by atoms with Crippen molar-refractivity contribution in [3.63, 3.8) is 0 Å². The fraction of sp³-hybridized carbons (Fsp3) is 0.333. The van der Waals surface area contributed by atoms with Crippen LogP contribution in [0.4, 0.5) is 0 Å². The molecular weight excluding hydrogens is 168 g/mol. The van der Waals surface area contributed by atoms with Gasteiger partial charge in [-0.15, -0.1) is 0 Å². The topological polar surface area (TPSA) is 25.8 Å². The van der Waals surface area contributed by atoms with E-state index in [1.165, 1.54) is 4.88 Å². The molecule has 62 valence electrons. The molecule has 0 unspecified atom stereocenters. The fourth-order valence-corrected chi connectivity index (χ4v) is 1.98. The van der Waals surface area contributed by atoms with Crippen molar-refractivity contribution in [3.05, 3.63) is 23.2 Å². The third kappa shape index (κ3) is 1.10. The predicted molar refractivity (Wildman–Crippen MR) is 51.5 cm³/mol. The third-order valence-corrected chi connectivity index (χ3v) is 2.94. The van der Waals surface area contributed by atoms with Gasteiger partial charge in [0.15, 0.2) is 0 Å². The van der Waals surface area contributed by atoms with Crippen LogP contribution in [0.1, 0.15) is 24.6 Å². The summed E-state index contributed by atoms with van der Waals surface area (Å²) in [5.74, 6) is 0.523. The molecule has 3 heteroatoms. The van der Waals surface area contributed by atoms with Crippen LogP contribution in [0.25, 0.3) is 11.0 Å². The van der Waals surface area contributed by atoms with Crippen molar-refractivity contribution in [2.24, 2.45) is 0 Å². The second-order valence-corrected chi connectivity index (χ2v) is 3.88. The van der Waals surface area contributed by atoms with E-state index in [0.29, 0.717) is 5.92 Å². The first kappa shape index (κ1) is 7.68. The minimum Gasteiger partial charge on any atom is -0.253 e. The summed E-state index contributed by atoms with van der Waals surface area (Å²) in [6.07, 6.45) is 1.82. The Morgan fingerprint density at radius 2 is 2.25 bits per heavy atom. The van der Waals surface area contributed by atoms with Crippen LogP contribution in [0.3, 0.4) is 0 Å². The first-order valence-electron chi connectivity index (χ1n) is 3.99. The molecule has 0 N–H and O–H groups in total. The van der Waals surface area contributed by atoms with Crippen molar-refractivity contribution in [3.8, 4) is 0 Å². The van der Waals surface area contributed by atoms with Crippen molar-refractivity contribution >= 4 is 22.6 Å². The second kappa shape index (κ2) is 2.83. The van der Waals surface area contributed by atoms with Gasteiger partial charge in [-0.3, -0.25) is 4.98 Å². The smallest absolute Gasteiger partial charge is 0.105 e. The molecule has 0 fully saturated rings. The lowest BCUT2D eigenvalue weighted by molar-refractivity contribution is 0.894. The summed E-state index contributed by atoms with van der Waals surface area (Å²) in [4.78, 5) is 5.59. The van der Waals surface area contributed by atoms with Gasteiger partial charge in [-0.2, -0.15) is 4.37 Å². The van der Waals surface area contributed by atoms with Crippen molar-refractivity contribution in [2.75, 3.05) is 0 Å². The van der Waals surface area contributed by atoms with Gasteiger partial charge < -0.3 is 0 Å². The lowest BCUT2D eigenvalue weighted by atomic mass is 10.1. The summed E-state index contributed by atoms with van der Waals surface area (Å²) in [6, 6.07) is 3.93. The van der Waals surface area contributed by atoms with E-state index in [9.17, 15) is 0 Å². The predicted octanol–water partition coefficient (Wildman–Crippen LogP) is 2.81. The largest absolute Gasteiger partial charge is 0.253 e. The zero-order valence-electron chi connectivity index (χ0n) is 7.11. The quantitative estimate of drug-likeness (QED) is 0.671. The van der Waals surface area contributed by atoms with Gasteiger partial charge in [-0.25, -0.2) is 0 Å². The van der Waals surface area contributed by atoms with E-state index in [1.807, 2.05) is 18.3 Å². The number of pyridine rings is 1. The highest BCUT2D eigenvalue weighted by Gasteiger charge is 2.09. The molecule has 0 aliphatic carbocycles. The number of hydrogen-bond acceptors (Lipinski definition) is 3. The van der Waals surface area contributed by atoms with Crippen LogP contribution in [-0.4, -0.2) is 9.36 Å². The van der Waals surface area contributed by atoms with Crippen LogP contribution in [0.15, 0.2) is 18.3 Å². The molecule has 0 radical (unpaired) electrons. The summed E-state index contributed by atoms with van der Waals surface area (Å²) in [5.41, 5.74) is 2.09. The van der Waals surface area contributed by atoms with Gasteiger partial charge in [0.1, 0.15) is 11.0 Å². The van der Waals surface area contributed by atoms with E-state index in [1.54, 1.807) is 11.5 Å². The summed E-state index contributed by atoms with van der Waals surface area (Å²) >= 11 is 1.56. The molecule has 0 aliphatic rings. The summed E-state index contributed by atoms with van der Waals surface area (Å²) in [5, 5.41) is 0. The summed E-state index contributed by atoms with van der Waals surface area (Å²) in [6.45, 7) is 4.34. The highest BCUT2D eigenvalue weighted by Crippen LogP contribution is 2.26. The van der Waals surface area contributed by atoms with Crippen LogP contribution in [0.5, 0.6) is 0 Å². The van der Waals surface area contributed by atoms with Crippen molar-refractivity contribution in [2.45, 2.75) is 19.8 Å². The standard InChI is InChI=1S/C9H10N2S/c1-6(2)9-8-7(11-12-9)4-3-5-10-8/h3-6H,1-2H3. The molecular formula is C9H10N2S. The number of nitrogens with zero attached hydrogens (tertiary/aromatic N) is 2. The average Bonchev–Trinajstić information content (AvgIpc) is 2.47. The monoisotopic (exact) mass is 178 g/mol. The van der Waals surface area contributed by atoms with Crippen LogP contribution >= 0.6 is 11.5 Å². The van der Waals surface area contributed by atoms with Gasteiger partial charge >= 0.3 is 0 Å². The zero-order valence-corrected chi connectivity index (χ0v) is 7.93. The van der Waals surface area contributed by atoms with Gasteiger partial charge in [-0.05, 0) is 29.6 Å². The second-order valence-electron chi connectivity index (χ2n) is 3.07. The maximum absolute atomic E-state index is 4.32. The molecule has 0 aromatic carbocycles. The van der Waals surface area contributed by atoms with Crippen molar-refractivity contribution < 1.29 is 0 Å². The van der Waals surface area contributed by atoms with Crippen LogP contribution in [0.2, 0.25) is 0 Å². The zero-order chi connectivity index (χ0) is 8.55. The molecule has 2 aromatic rings. The van der Waals surface area contributed by atoms with Crippen molar-refractivity contribution in [1.82, 2.24) is 9.36 Å². The van der Waals surface area contributed by atoms with E-state index in [-0.39, 0.29) is 0 Å². The Morgan fingerprint density at radius 1 is 1.42 bits per heavy atom. The normalized spacial score (nSPS) is 11.2. The Balaban J connectivity index is 2.70. The molecule has 2 rings (SSSR count). The Morgan fingerprint density at radius 3 is 3.00 bits per heavy atom. The van der Waals surface area contributed by atoms with Gasteiger partial charge in [0.05, 0.1) is 4.88 Å². The van der Waals surface area contributed by atoms with E-state index in [0.717, 1.165) is 11.0 Å². The molecule has 0 bridgehead atoms. The Bertz CT molecular complexity index is 392. The van der Waals surface area contributed by atoms with Crippen LogP contribution < -0.4 is 0 Å². The van der Waals surface area contributed by atoms with Crippen LogP contribution in [0, 0.1) is 0 Å². The van der Waals surface area contributed by atoms with Crippen LogP contribution in [-0.2, 0) is 0 Å². The SMILES string of the molecule is CC(C)c1snc2cccnc12. The van der Waals surface area contributed by atoms with E-state index in [2.05, 4.69) is 23.2 Å². The molecule has 0 amide bonds. The Kier molecular flexibility index (Phi) is 1.81.